The van der Waals surface area contributed by atoms with Gasteiger partial charge in [0.05, 0.1) is 0 Å². The van der Waals surface area contributed by atoms with E-state index in [1.165, 1.54) is 12.0 Å². The van der Waals surface area contributed by atoms with E-state index >= 15 is 0 Å². The molecule has 0 radical (unpaired) electrons. The van der Waals surface area contributed by atoms with Crippen molar-refractivity contribution in [3.05, 3.63) is 35.9 Å². The molecule has 1 aromatic rings. The topological polar surface area (TPSA) is 9.23 Å². The van der Waals surface area contributed by atoms with Crippen LogP contribution in [0.25, 0.3) is 0 Å². The van der Waals surface area contributed by atoms with Crippen LogP contribution in [0.1, 0.15) is 25.3 Å². The molecule has 13 heavy (non-hydrogen) atoms. The quantitative estimate of drug-likeness (QED) is 0.596. The minimum absolute atomic E-state index is 0.833. The van der Waals surface area contributed by atoms with E-state index in [2.05, 4.69) is 19.1 Å². The molecule has 0 spiro atoms. The van der Waals surface area contributed by atoms with E-state index in [1.54, 1.807) is 0 Å². The number of rotatable bonds is 5. The molecule has 0 saturated heterocycles. The van der Waals surface area contributed by atoms with E-state index in [1.807, 2.05) is 40.0 Å². The van der Waals surface area contributed by atoms with Crippen LogP contribution in [0.15, 0.2) is 30.3 Å². The summed E-state index contributed by atoms with van der Waals surface area (Å²) in [5.74, 6) is 0. The Morgan fingerprint density at radius 1 is 1.31 bits per heavy atom. The first-order valence-corrected chi connectivity index (χ1v) is 5.73. The molecule has 0 saturated carbocycles. The van der Waals surface area contributed by atoms with E-state index in [4.69, 9.17) is 4.74 Å². The van der Waals surface area contributed by atoms with Crippen LogP contribution >= 0.6 is 0 Å². The number of unbranched alkanes of at least 4 members (excludes halogenated alkanes) is 1. The van der Waals surface area contributed by atoms with Crippen LogP contribution in [0.3, 0.4) is 0 Å². The van der Waals surface area contributed by atoms with E-state index in [9.17, 15) is 0 Å². The predicted octanol–water partition coefficient (Wildman–Crippen LogP) is 2.15. The van der Waals surface area contributed by atoms with Crippen molar-refractivity contribution in [1.82, 2.24) is 0 Å². The molecule has 1 aromatic carbocycles. The molecule has 0 aromatic heterocycles. The summed E-state index contributed by atoms with van der Waals surface area (Å²) in [7, 11) is 0. The molecule has 0 aliphatic carbocycles. The van der Waals surface area contributed by atoms with E-state index < -0.39 is 0 Å². The van der Waals surface area contributed by atoms with Crippen molar-refractivity contribution in [3.8, 4) is 0 Å². The van der Waals surface area contributed by atoms with Crippen molar-refractivity contribution < 1.29 is 4.74 Å². The summed E-state index contributed by atoms with van der Waals surface area (Å²) in [6.07, 6.45) is 2.31. The molecule has 70 valence electrons. The maximum absolute atomic E-state index is 5.59. The van der Waals surface area contributed by atoms with Gasteiger partial charge in [-0.1, -0.05) is 0 Å². The molecule has 0 aliphatic heterocycles. The number of benzene rings is 1. The molecule has 2 heteroatoms. The fourth-order valence-corrected chi connectivity index (χ4v) is 1.59. The van der Waals surface area contributed by atoms with Gasteiger partial charge in [-0.2, -0.15) is 0 Å². The van der Waals surface area contributed by atoms with E-state index in [0.717, 1.165) is 16.8 Å². The van der Waals surface area contributed by atoms with Crippen LogP contribution in [0.4, 0.5) is 0 Å². The molecule has 0 unspecified atom stereocenters. The van der Waals surface area contributed by atoms with Gasteiger partial charge >= 0.3 is 92.6 Å². The zero-order valence-electron chi connectivity index (χ0n) is 7.82. The zero-order chi connectivity index (χ0) is 9.52. The van der Waals surface area contributed by atoms with Crippen molar-refractivity contribution in [3.63, 3.8) is 0 Å². The van der Waals surface area contributed by atoms with Gasteiger partial charge in [0.15, 0.2) is 0 Å². The predicted molar refractivity (Wildman–Crippen MR) is 57.2 cm³/mol. The van der Waals surface area contributed by atoms with Crippen LogP contribution < -0.4 is 0 Å². The average molecular weight is 290 g/mol. The molecule has 0 amide bonds. The van der Waals surface area contributed by atoms with Crippen molar-refractivity contribution in [2.24, 2.45) is 0 Å². The first-order chi connectivity index (χ1) is 6.34. The Hall–Kier alpha value is -0.320. The zero-order valence-corrected chi connectivity index (χ0v) is 10.2. The average Bonchev–Trinajstić information content (AvgIpc) is 2.19. The molecule has 0 fully saturated rings. The monoisotopic (exact) mass is 292 g/mol. The molecule has 0 atom stereocenters. The number of ether oxygens (including phenoxy) is 1. The Labute approximate surface area is 92.5 Å². The summed E-state index contributed by atoms with van der Waals surface area (Å²) in [4.78, 5) is 0. The van der Waals surface area contributed by atoms with Gasteiger partial charge in [-0.25, -0.2) is 0 Å². The molecule has 1 nitrogen and oxygen atoms in total. The number of hydrogen-bond donors (Lipinski definition) is 0. The molecule has 0 aliphatic rings. The van der Waals surface area contributed by atoms with Crippen molar-refractivity contribution in [2.45, 2.75) is 19.8 Å². The first kappa shape index (κ1) is 10.8. The standard InChI is InChI=1S/C11H14OTe/c1-2-3-9-12-11(13)10-7-5-4-6-8-10/h4-8H,2-3,9H2,1H3. The maximum atomic E-state index is 5.59. The molecular weight excluding hydrogens is 276 g/mol. The van der Waals surface area contributed by atoms with Gasteiger partial charge < -0.3 is 0 Å². The summed E-state index contributed by atoms with van der Waals surface area (Å²) in [5, 5.41) is 0. The number of hydrogen-bond acceptors (Lipinski definition) is 1. The van der Waals surface area contributed by atoms with Gasteiger partial charge in [0.1, 0.15) is 0 Å². The summed E-state index contributed by atoms with van der Waals surface area (Å²) >= 11 is 1.94. The normalized spacial score (nSPS) is 9.62. The second kappa shape index (κ2) is 6.18. The Kier molecular flexibility index (Phi) is 5.12. The fraction of sp³-hybridized carbons (Fsp3) is 0.364. The van der Waals surface area contributed by atoms with Crippen LogP contribution in [-0.4, -0.2) is 32.2 Å². The van der Waals surface area contributed by atoms with Crippen LogP contribution in [0.5, 0.6) is 0 Å². The Morgan fingerprint density at radius 3 is 2.62 bits per heavy atom. The summed E-state index contributed by atoms with van der Waals surface area (Å²) in [5.41, 5.74) is 1.18. The first-order valence-electron chi connectivity index (χ1n) is 4.56. The van der Waals surface area contributed by atoms with Gasteiger partial charge in [-0.3, -0.25) is 0 Å². The third-order valence-corrected chi connectivity index (χ3v) is 2.75. The molecule has 0 bridgehead atoms. The van der Waals surface area contributed by atoms with Gasteiger partial charge in [0, 0.05) is 0 Å². The van der Waals surface area contributed by atoms with E-state index in [-0.39, 0.29) is 0 Å². The second-order valence-corrected chi connectivity index (χ2v) is 3.91. The Morgan fingerprint density at radius 2 is 2.00 bits per heavy atom. The van der Waals surface area contributed by atoms with Crippen LogP contribution in [0.2, 0.25) is 0 Å². The molecule has 0 heterocycles. The van der Waals surface area contributed by atoms with Crippen molar-refractivity contribution in [1.29, 1.82) is 0 Å². The summed E-state index contributed by atoms with van der Waals surface area (Å²) in [6, 6.07) is 10.2. The molecule has 0 N–H and O–H groups in total. The van der Waals surface area contributed by atoms with Crippen molar-refractivity contribution >= 4 is 25.6 Å². The van der Waals surface area contributed by atoms with Gasteiger partial charge in [-0.15, -0.1) is 0 Å². The van der Waals surface area contributed by atoms with Gasteiger partial charge in [-0.05, 0) is 0 Å². The van der Waals surface area contributed by atoms with Gasteiger partial charge in [0.25, 0.3) is 0 Å². The van der Waals surface area contributed by atoms with E-state index in [0.29, 0.717) is 0 Å². The Balaban J connectivity index is 2.40. The Bertz CT molecular complexity index is 256. The molecule has 1 rings (SSSR count). The SMILES string of the molecule is CCCCOC(=[Te])c1ccccc1. The summed E-state index contributed by atoms with van der Waals surface area (Å²) < 4.78 is 6.62. The van der Waals surface area contributed by atoms with Gasteiger partial charge in [0.2, 0.25) is 0 Å². The fourth-order valence-electron chi connectivity index (χ4n) is 0.967. The molecular formula is C11H14OTe. The van der Waals surface area contributed by atoms with Crippen LogP contribution in [-0.2, 0) is 4.74 Å². The van der Waals surface area contributed by atoms with Crippen molar-refractivity contribution in [2.75, 3.05) is 6.61 Å². The third-order valence-electron chi connectivity index (χ3n) is 1.74. The second-order valence-electron chi connectivity index (χ2n) is 2.86. The third kappa shape index (κ3) is 3.93. The minimum atomic E-state index is 0.833. The summed E-state index contributed by atoms with van der Waals surface area (Å²) in [6.45, 7) is 3.00. The van der Waals surface area contributed by atoms with Crippen LogP contribution in [0, 0.1) is 0 Å².